The predicted molar refractivity (Wildman–Crippen MR) is 78.1 cm³/mol. The molecule has 1 fully saturated rings. The van der Waals surface area contributed by atoms with Gasteiger partial charge in [-0.3, -0.25) is 9.59 Å². The highest BCUT2D eigenvalue weighted by molar-refractivity contribution is 5.80. The molecule has 2 unspecified atom stereocenters. The highest BCUT2D eigenvalue weighted by Crippen LogP contribution is 2.24. The number of likely N-dealkylation sites (tertiary alicyclic amines) is 1. The van der Waals surface area contributed by atoms with Crippen LogP contribution in [0.5, 0.6) is 0 Å². The van der Waals surface area contributed by atoms with E-state index in [0.29, 0.717) is 28.9 Å². The molecule has 1 aromatic heterocycles. The van der Waals surface area contributed by atoms with E-state index in [-0.39, 0.29) is 30.5 Å². The van der Waals surface area contributed by atoms with E-state index in [0.717, 1.165) is 0 Å². The second kappa shape index (κ2) is 6.64. The van der Waals surface area contributed by atoms with Crippen molar-refractivity contribution in [3.8, 4) is 0 Å². The number of aliphatic carboxylic acids is 1. The third kappa shape index (κ3) is 3.68. The number of hydrogen-bond donors (Lipinski definition) is 1. The number of carbonyl (C=O) groups is 2. The van der Waals surface area contributed by atoms with Gasteiger partial charge in [0.05, 0.1) is 18.0 Å². The summed E-state index contributed by atoms with van der Waals surface area (Å²) in [5, 5.41) is 12.9. The van der Waals surface area contributed by atoms with Gasteiger partial charge in [0, 0.05) is 24.3 Å². The van der Waals surface area contributed by atoms with Gasteiger partial charge in [0.1, 0.15) is 0 Å². The molecule has 1 aliphatic rings. The number of nitrogens with zero attached hydrogens (tertiary/aromatic N) is 3. The summed E-state index contributed by atoms with van der Waals surface area (Å²) in [6.45, 7) is 2.91. The van der Waals surface area contributed by atoms with E-state index < -0.39 is 18.4 Å². The summed E-state index contributed by atoms with van der Waals surface area (Å²) in [5.41, 5.74) is 1.15. The van der Waals surface area contributed by atoms with E-state index in [1.807, 2.05) is 6.92 Å². The molecule has 128 valence electrons. The van der Waals surface area contributed by atoms with Gasteiger partial charge in [0.25, 0.3) is 0 Å². The third-order valence-electron chi connectivity index (χ3n) is 4.35. The Kier molecular flexibility index (Phi) is 5.01. The van der Waals surface area contributed by atoms with E-state index in [9.17, 15) is 18.4 Å². The zero-order valence-corrected chi connectivity index (χ0v) is 13.4. The summed E-state index contributed by atoms with van der Waals surface area (Å²) < 4.78 is 26.3. The molecule has 1 aromatic rings. The lowest BCUT2D eigenvalue weighted by Crippen LogP contribution is -2.46. The highest BCUT2D eigenvalue weighted by Gasteiger charge is 2.32. The number of halogens is 2. The first-order chi connectivity index (χ1) is 10.7. The van der Waals surface area contributed by atoms with Crippen molar-refractivity contribution < 1.29 is 23.5 Å². The zero-order valence-electron chi connectivity index (χ0n) is 13.4. The summed E-state index contributed by atoms with van der Waals surface area (Å²) in [6.07, 6.45) is 0.504. The smallest absolute Gasteiger partial charge is 0.333 e. The van der Waals surface area contributed by atoms with E-state index in [2.05, 4.69) is 5.10 Å². The fourth-order valence-electron chi connectivity index (χ4n) is 3.14. The molecule has 0 radical (unpaired) electrons. The Bertz CT molecular complexity index is 615. The number of aromatic nitrogens is 2. The maximum absolute atomic E-state index is 12.8. The Hall–Kier alpha value is -1.99. The average Bonchev–Trinajstić information content (AvgIpc) is 2.74. The van der Waals surface area contributed by atoms with Crippen LogP contribution in [0.1, 0.15) is 36.8 Å². The molecule has 8 heteroatoms. The minimum atomic E-state index is -2.75. The highest BCUT2D eigenvalue weighted by atomic mass is 19.3. The van der Waals surface area contributed by atoms with Gasteiger partial charge in [0.2, 0.25) is 5.91 Å². The van der Waals surface area contributed by atoms with Crippen molar-refractivity contribution in [2.24, 2.45) is 11.8 Å². The molecule has 6 nitrogen and oxygen atoms in total. The summed E-state index contributed by atoms with van der Waals surface area (Å²) in [5.74, 6) is -1.64. The maximum atomic E-state index is 12.8. The van der Waals surface area contributed by atoms with Crippen molar-refractivity contribution in [2.45, 2.75) is 40.2 Å². The van der Waals surface area contributed by atoms with Crippen LogP contribution < -0.4 is 0 Å². The standard InChI is InChI=1S/C15H21F2N3O3/c1-8-4-11(14(22)23)7-19(6-8)13(21)5-12-9(2)18-20(10(12)3)15(16)17/h8,11,15H,4-7H2,1-3H3,(H,22,23). The van der Waals surface area contributed by atoms with E-state index in [1.165, 1.54) is 11.8 Å². The lowest BCUT2D eigenvalue weighted by molar-refractivity contribution is -0.146. The van der Waals surface area contributed by atoms with E-state index in [4.69, 9.17) is 5.11 Å². The number of alkyl halides is 2. The number of carbonyl (C=O) groups excluding carboxylic acids is 1. The van der Waals surface area contributed by atoms with Gasteiger partial charge < -0.3 is 10.0 Å². The summed E-state index contributed by atoms with van der Waals surface area (Å²) in [6, 6.07) is 0. The monoisotopic (exact) mass is 329 g/mol. The normalized spacial score (nSPS) is 21.7. The van der Waals surface area contributed by atoms with Crippen LogP contribution >= 0.6 is 0 Å². The lowest BCUT2D eigenvalue weighted by atomic mass is 9.90. The van der Waals surface area contributed by atoms with Gasteiger partial charge in [0.15, 0.2) is 0 Å². The Morgan fingerprint density at radius 1 is 1.35 bits per heavy atom. The molecule has 2 atom stereocenters. The average molecular weight is 329 g/mol. The predicted octanol–water partition coefficient (Wildman–Crippen LogP) is 2.01. The van der Waals surface area contributed by atoms with Crippen molar-refractivity contribution in [2.75, 3.05) is 13.1 Å². The van der Waals surface area contributed by atoms with Gasteiger partial charge in [-0.05, 0) is 26.2 Å². The Morgan fingerprint density at radius 2 is 2.00 bits per heavy atom. The number of hydrogen-bond acceptors (Lipinski definition) is 3. The van der Waals surface area contributed by atoms with E-state index >= 15 is 0 Å². The third-order valence-corrected chi connectivity index (χ3v) is 4.35. The number of aryl methyl sites for hydroxylation is 1. The number of carboxylic acids is 1. The van der Waals surface area contributed by atoms with Gasteiger partial charge in [-0.1, -0.05) is 6.92 Å². The van der Waals surface area contributed by atoms with Crippen LogP contribution in [0, 0.1) is 25.7 Å². The van der Waals surface area contributed by atoms with Crippen molar-refractivity contribution in [3.05, 3.63) is 17.0 Å². The van der Waals surface area contributed by atoms with Crippen LogP contribution in [0.3, 0.4) is 0 Å². The van der Waals surface area contributed by atoms with Crippen LogP contribution in [0.15, 0.2) is 0 Å². The molecular formula is C15H21F2N3O3. The van der Waals surface area contributed by atoms with Gasteiger partial charge in [-0.25, -0.2) is 4.68 Å². The minimum Gasteiger partial charge on any atom is -0.481 e. The van der Waals surface area contributed by atoms with Gasteiger partial charge in [-0.2, -0.15) is 13.9 Å². The molecule has 0 aromatic carbocycles. The number of carboxylic acid groups (broad SMARTS) is 1. The Morgan fingerprint density at radius 3 is 2.52 bits per heavy atom. The lowest BCUT2D eigenvalue weighted by Gasteiger charge is -2.34. The van der Waals surface area contributed by atoms with Crippen LogP contribution in [-0.4, -0.2) is 44.8 Å². The summed E-state index contributed by atoms with van der Waals surface area (Å²) in [7, 11) is 0. The van der Waals surface area contributed by atoms with Crippen molar-refractivity contribution in [3.63, 3.8) is 0 Å². The topological polar surface area (TPSA) is 75.4 Å². The molecule has 0 bridgehead atoms. The van der Waals surface area contributed by atoms with E-state index in [1.54, 1.807) is 6.92 Å². The fraction of sp³-hybridized carbons (Fsp3) is 0.667. The molecule has 2 rings (SSSR count). The molecule has 2 heterocycles. The first kappa shape index (κ1) is 17.4. The SMILES string of the molecule is Cc1nn(C(F)F)c(C)c1CC(=O)N1CC(C)CC(C(=O)O)C1. The quantitative estimate of drug-likeness (QED) is 0.917. The summed E-state index contributed by atoms with van der Waals surface area (Å²) >= 11 is 0. The number of amides is 1. The Labute approximate surface area is 133 Å². The van der Waals surface area contributed by atoms with Crippen molar-refractivity contribution in [1.29, 1.82) is 0 Å². The molecule has 0 aliphatic carbocycles. The first-order valence-electron chi connectivity index (χ1n) is 7.54. The van der Waals surface area contributed by atoms with Crippen LogP contribution in [0.2, 0.25) is 0 Å². The zero-order chi connectivity index (χ0) is 17.3. The molecule has 0 saturated carbocycles. The molecule has 0 spiro atoms. The number of rotatable bonds is 4. The van der Waals surface area contributed by atoms with Gasteiger partial charge >= 0.3 is 12.5 Å². The second-order valence-electron chi connectivity index (χ2n) is 6.22. The van der Waals surface area contributed by atoms with Crippen molar-refractivity contribution >= 4 is 11.9 Å². The molecule has 1 saturated heterocycles. The first-order valence-corrected chi connectivity index (χ1v) is 7.54. The van der Waals surface area contributed by atoms with Crippen LogP contribution in [0.25, 0.3) is 0 Å². The number of piperidine rings is 1. The maximum Gasteiger partial charge on any atom is 0.333 e. The summed E-state index contributed by atoms with van der Waals surface area (Å²) in [4.78, 5) is 25.2. The minimum absolute atomic E-state index is 0.0382. The molecule has 1 aliphatic heterocycles. The fourth-order valence-corrected chi connectivity index (χ4v) is 3.14. The van der Waals surface area contributed by atoms with Gasteiger partial charge in [-0.15, -0.1) is 0 Å². The van der Waals surface area contributed by atoms with Crippen LogP contribution in [0.4, 0.5) is 8.78 Å². The van der Waals surface area contributed by atoms with Crippen LogP contribution in [-0.2, 0) is 16.0 Å². The second-order valence-corrected chi connectivity index (χ2v) is 6.22. The molecule has 1 amide bonds. The molecule has 1 N–H and O–H groups in total. The molecular weight excluding hydrogens is 308 g/mol. The largest absolute Gasteiger partial charge is 0.481 e. The van der Waals surface area contributed by atoms with Crippen molar-refractivity contribution in [1.82, 2.24) is 14.7 Å². The molecule has 23 heavy (non-hydrogen) atoms. The Balaban J connectivity index is 2.14.